The van der Waals surface area contributed by atoms with Gasteiger partial charge in [-0.3, -0.25) is 0 Å². The molecule has 2 saturated carbocycles. The van der Waals surface area contributed by atoms with Gasteiger partial charge in [0, 0.05) is 0 Å². The molecule has 0 saturated heterocycles. The lowest BCUT2D eigenvalue weighted by molar-refractivity contribution is -0.0682. The first-order valence-corrected chi connectivity index (χ1v) is 4.66. The standard InChI is InChI=1S/C10H18/c1-9(5-3-6-9)10(2)7-4-8-10/h3-8H2,1-2H3. The Bertz CT molecular complexity index is 120. The Labute approximate surface area is 64.0 Å². The molecule has 2 rings (SSSR count). The first-order chi connectivity index (χ1) is 4.66. The summed E-state index contributed by atoms with van der Waals surface area (Å²) in [7, 11) is 0. The van der Waals surface area contributed by atoms with Crippen molar-refractivity contribution in [2.45, 2.75) is 52.4 Å². The second-order valence-electron chi connectivity index (χ2n) is 4.83. The molecule has 0 nitrogen and oxygen atoms in total. The molecule has 0 N–H and O–H groups in total. The molecular formula is C10H18. The molecule has 10 heavy (non-hydrogen) atoms. The zero-order valence-electron chi connectivity index (χ0n) is 7.24. The molecule has 0 bridgehead atoms. The zero-order chi connectivity index (χ0) is 7.24. The van der Waals surface area contributed by atoms with E-state index < -0.39 is 0 Å². The Hall–Kier alpha value is 0. The van der Waals surface area contributed by atoms with Gasteiger partial charge in [0.05, 0.1) is 0 Å². The van der Waals surface area contributed by atoms with Crippen molar-refractivity contribution in [3.63, 3.8) is 0 Å². The Morgan fingerprint density at radius 1 is 0.700 bits per heavy atom. The summed E-state index contributed by atoms with van der Waals surface area (Å²) in [5.74, 6) is 0. The van der Waals surface area contributed by atoms with Gasteiger partial charge >= 0.3 is 0 Å². The minimum atomic E-state index is 0.755. The fourth-order valence-corrected chi connectivity index (χ4v) is 2.62. The van der Waals surface area contributed by atoms with Crippen LogP contribution in [0.3, 0.4) is 0 Å². The molecule has 0 aromatic carbocycles. The molecule has 0 unspecified atom stereocenters. The van der Waals surface area contributed by atoms with Crippen LogP contribution in [-0.2, 0) is 0 Å². The fourth-order valence-electron chi connectivity index (χ4n) is 2.62. The lowest BCUT2D eigenvalue weighted by atomic mass is 9.48. The van der Waals surface area contributed by atoms with E-state index in [0.717, 1.165) is 10.8 Å². The van der Waals surface area contributed by atoms with Crippen LogP contribution in [0, 0.1) is 10.8 Å². The van der Waals surface area contributed by atoms with Gasteiger partial charge in [-0.25, -0.2) is 0 Å². The molecule has 0 aromatic rings. The Kier molecular flexibility index (Phi) is 1.19. The van der Waals surface area contributed by atoms with Crippen LogP contribution in [0.1, 0.15) is 52.4 Å². The van der Waals surface area contributed by atoms with E-state index in [1.54, 1.807) is 0 Å². The number of hydrogen-bond acceptors (Lipinski definition) is 0. The third-order valence-electron chi connectivity index (χ3n) is 4.37. The van der Waals surface area contributed by atoms with E-state index in [9.17, 15) is 0 Å². The normalized spacial score (nSPS) is 34.2. The van der Waals surface area contributed by atoms with Crippen LogP contribution in [-0.4, -0.2) is 0 Å². The van der Waals surface area contributed by atoms with E-state index in [0.29, 0.717) is 0 Å². The summed E-state index contributed by atoms with van der Waals surface area (Å²) < 4.78 is 0. The highest BCUT2D eigenvalue weighted by molar-refractivity contribution is 5.01. The number of hydrogen-bond donors (Lipinski definition) is 0. The van der Waals surface area contributed by atoms with E-state index in [4.69, 9.17) is 0 Å². The van der Waals surface area contributed by atoms with Crippen molar-refractivity contribution < 1.29 is 0 Å². The van der Waals surface area contributed by atoms with Gasteiger partial charge in [0.2, 0.25) is 0 Å². The van der Waals surface area contributed by atoms with Crippen LogP contribution in [0.25, 0.3) is 0 Å². The summed E-state index contributed by atoms with van der Waals surface area (Å²) in [5, 5.41) is 0. The summed E-state index contributed by atoms with van der Waals surface area (Å²) in [4.78, 5) is 0. The average Bonchev–Trinajstić information content (AvgIpc) is 1.77. The van der Waals surface area contributed by atoms with Gasteiger partial charge in [0.1, 0.15) is 0 Å². The van der Waals surface area contributed by atoms with Gasteiger partial charge < -0.3 is 0 Å². The minimum absolute atomic E-state index is 0.755. The molecule has 2 aliphatic rings. The maximum Gasteiger partial charge on any atom is -0.0272 e. The second-order valence-corrected chi connectivity index (χ2v) is 4.83. The predicted octanol–water partition coefficient (Wildman–Crippen LogP) is 3.37. The van der Waals surface area contributed by atoms with Crippen molar-refractivity contribution in [2.24, 2.45) is 10.8 Å². The van der Waals surface area contributed by atoms with Crippen LogP contribution in [0.4, 0.5) is 0 Å². The van der Waals surface area contributed by atoms with E-state index in [1.165, 1.54) is 38.5 Å². The maximum atomic E-state index is 2.50. The molecule has 0 aliphatic heterocycles. The lowest BCUT2D eigenvalue weighted by Gasteiger charge is -2.57. The summed E-state index contributed by atoms with van der Waals surface area (Å²) >= 11 is 0. The first-order valence-electron chi connectivity index (χ1n) is 4.66. The second kappa shape index (κ2) is 1.78. The maximum absolute atomic E-state index is 2.50. The lowest BCUT2D eigenvalue weighted by Crippen LogP contribution is -2.47. The van der Waals surface area contributed by atoms with Crippen LogP contribution in [0.2, 0.25) is 0 Å². The van der Waals surface area contributed by atoms with Gasteiger partial charge in [-0.15, -0.1) is 0 Å². The average molecular weight is 138 g/mol. The van der Waals surface area contributed by atoms with Crippen molar-refractivity contribution in [1.29, 1.82) is 0 Å². The molecule has 0 radical (unpaired) electrons. The van der Waals surface area contributed by atoms with E-state index >= 15 is 0 Å². The minimum Gasteiger partial charge on any atom is -0.0591 e. The Morgan fingerprint density at radius 3 is 1.10 bits per heavy atom. The van der Waals surface area contributed by atoms with Crippen LogP contribution in [0.15, 0.2) is 0 Å². The molecule has 0 heteroatoms. The summed E-state index contributed by atoms with van der Waals surface area (Å²) in [6.45, 7) is 4.99. The predicted molar refractivity (Wildman–Crippen MR) is 43.9 cm³/mol. The van der Waals surface area contributed by atoms with Crippen molar-refractivity contribution >= 4 is 0 Å². The molecule has 2 fully saturated rings. The number of rotatable bonds is 1. The molecule has 58 valence electrons. The highest BCUT2D eigenvalue weighted by atomic mass is 14.6. The van der Waals surface area contributed by atoms with Crippen LogP contribution >= 0.6 is 0 Å². The van der Waals surface area contributed by atoms with Crippen molar-refractivity contribution in [3.05, 3.63) is 0 Å². The van der Waals surface area contributed by atoms with E-state index in [1.807, 2.05) is 0 Å². The van der Waals surface area contributed by atoms with Crippen LogP contribution < -0.4 is 0 Å². The van der Waals surface area contributed by atoms with Gasteiger partial charge in [-0.2, -0.15) is 0 Å². The largest absolute Gasteiger partial charge is 0.0591 e. The summed E-state index contributed by atoms with van der Waals surface area (Å²) in [5.41, 5.74) is 1.51. The van der Waals surface area contributed by atoms with E-state index in [2.05, 4.69) is 13.8 Å². The quantitative estimate of drug-likeness (QED) is 0.521. The molecule has 0 heterocycles. The molecule has 0 amide bonds. The van der Waals surface area contributed by atoms with Crippen molar-refractivity contribution in [1.82, 2.24) is 0 Å². The third kappa shape index (κ3) is 0.627. The van der Waals surface area contributed by atoms with Gasteiger partial charge in [-0.1, -0.05) is 26.7 Å². The molecule has 0 aromatic heterocycles. The highest BCUT2D eigenvalue weighted by Gasteiger charge is 2.50. The van der Waals surface area contributed by atoms with E-state index in [-0.39, 0.29) is 0 Å². The molecular weight excluding hydrogens is 120 g/mol. The molecule has 0 atom stereocenters. The summed E-state index contributed by atoms with van der Waals surface area (Å²) in [6, 6.07) is 0. The SMILES string of the molecule is CC1(C2(C)CCC2)CCC1. The Morgan fingerprint density at radius 2 is 1.00 bits per heavy atom. The smallest absolute Gasteiger partial charge is 0.0272 e. The molecule has 0 spiro atoms. The van der Waals surface area contributed by atoms with Crippen molar-refractivity contribution in [3.8, 4) is 0 Å². The fraction of sp³-hybridized carbons (Fsp3) is 1.00. The van der Waals surface area contributed by atoms with Crippen molar-refractivity contribution in [2.75, 3.05) is 0 Å². The van der Waals surface area contributed by atoms with Crippen LogP contribution in [0.5, 0.6) is 0 Å². The van der Waals surface area contributed by atoms with Gasteiger partial charge in [0.15, 0.2) is 0 Å². The topological polar surface area (TPSA) is 0 Å². The molecule has 2 aliphatic carbocycles. The van der Waals surface area contributed by atoms with Gasteiger partial charge in [-0.05, 0) is 36.5 Å². The highest BCUT2D eigenvalue weighted by Crippen LogP contribution is 2.62. The first kappa shape index (κ1) is 6.69. The monoisotopic (exact) mass is 138 g/mol. The third-order valence-corrected chi connectivity index (χ3v) is 4.37. The zero-order valence-corrected chi connectivity index (χ0v) is 7.24. The Balaban J connectivity index is 2.08. The van der Waals surface area contributed by atoms with Gasteiger partial charge in [0.25, 0.3) is 0 Å². The summed E-state index contributed by atoms with van der Waals surface area (Å²) in [6.07, 6.45) is 9.00.